The highest BCUT2D eigenvalue weighted by Gasteiger charge is 2.64. The average molecular weight is 352 g/mol. The summed E-state index contributed by atoms with van der Waals surface area (Å²) in [5.41, 5.74) is 0.412. The van der Waals surface area contributed by atoms with E-state index in [0.717, 1.165) is 11.3 Å². The summed E-state index contributed by atoms with van der Waals surface area (Å²) < 4.78 is 16.4. The molecule has 3 heterocycles. The molecule has 0 unspecified atom stereocenters. The zero-order valence-corrected chi connectivity index (χ0v) is 14.3. The van der Waals surface area contributed by atoms with Gasteiger partial charge in [-0.15, -0.1) is 0 Å². The Balaban J connectivity index is 1.86. The first-order chi connectivity index (χ1) is 11.3. The lowest BCUT2D eigenvalue weighted by Gasteiger charge is -2.52. The summed E-state index contributed by atoms with van der Waals surface area (Å²) in [4.78, 5) is 27.8. The number of cyclic esters (lactones) is 2. The van der Waals surface area contributed by atoms with Crippen LogP contribution in [-0.2, 0) is 30.2 Å². The van der Waals surface area contributed by atoms with Gasteiger partial charge in [-0.1, -0.05) is 17.7 Å². The number of carbonyl (C=O) groups excluding carboxylic acids is 2. The third-order valence-corrected chi connectivity index (χ3v) is 5.16. The van der Waals surface area contributed by atoms with Gasteiger partial charge in [0.15, 0.2) is 5.41 Å². The van der Waals surface area contributed by atoms with E-state index in [-0.39, 0.29) is 13.0 Å². The van der Waals surface area contributed by atoms with Gasteiger partial charge in [-0.2, -0.15) is 0 Å². The minimum atomic E-state index is -1.41. The van der Waals surface area contributed by atoms with E-state index in [0.29, 0.717) is 18.2 Å². The highest BCUT2D eigenvalue weighted by molar-refractivity contribution is 6.30. The molecule has 7 heteroatoms. The first kappa shape index (κ1) is 15.7. The van der Waals surface area contributed by atoms with Crippen LogP contribution in [0, 0.1) is 5.41 Å². The van der Waals surface area contributed by atoms with E-state index >= 15 is 0 Å². The molecule has 6 nitrogen and oxygen atoms in total. The molecular formula is C17H18ClNO5. The molecule has 2 saturated heterocycles. The van der Waals surface area contributed by atoms with Crippen molar-refractivity contribution in [1.29, 1.82) is 0 Å². The fraction of sp³-hybridized carbons (Fsp3) is 0.529. The first-order valence-electron chi connectivity index (χ1n) is 7.93. The van der Waals surface area contributed by atoms with E-state index in [1.165, 1.54) is 0 Å². The van der Waals surface area contributed by atoms with Crippen molar-refractivity contribution in [3.8, 4) is 0 Å². The maximum absolute atomic E-state index is 12.9. The van der Waals surface area contributed by atoms with Gasteiger partial charge in [-0.3, -0.25) is 9.59 Å². The van der Waals surface area contributed by atoms with Crippen LogP contribution in [0.3, 0.4) is 0 Å². The maximum atomic E-state index is 12.9. The van der Waals surface area contributed by atoms with Crippen LogP contribution in [0.25, 0.3) is 0 Å². The monoisotopic (exact) mass is 351 g/mol. The molecule has 0 saturated carbocycles. The fourth-order valence-electron chi connectivity index (χ4n) is 3.82. The summed E-state index contributed by atoms with van der Waals surface area (Å²) in [5.74, 6) is -2.35. The van der Waals surface area contributed by atoms with Gasteiger partial charge < -0.3 is 19.1 Å². The van der Waals surface area contributed by atoms with E-state index in [9.17, 15) is 9.59 Å². The first-order valence-corrected chi connectivity index (χ1v) is 8.31. The zero-order chi connectivity index (χ0) is 17.1. The summed E-state index contributed by atoms with van der Waals surface area (Å²) >= 11 is 6.14. The zero-order valence-electron chi connectivity index (χ0n) is 13.5. The lowest BCUT2D eigenvalue weighted by molar-refractivity contribution is -0.254. The van der Waals surface area contributed by atoms with Crippen LogP contribution in [0.1, 0.15) is 19.4 Å². The number of nitrogens with zero attached hydrogens (tertiary/aromatic N) is 1. The molecule has 0 radical (unpaired) electrons. The summed E-state index contributed by atoms with van der Waals surface area (Å²) in [6, 6.07) is 5.02. The third kappa shape index (κ3) is 2.13. The predicted molar refractivity (Wildman–Crippen MR) is 85.8 cm³/mol. The molecule has 0 bridgehead atoms. The van der Waals surface area contributed by atoms with Gasteiger partial charge >= 0.3 is 11.9 Å². The van der Waals surface area contributed by atoms with Crippen molar-refractivity contribution in [2.75, 3.05) is 24.7 Å². The summed E-state index contributed by atoms with van der Waals surface area (Å²) in [6.07, 6.45) is 0.220. The number of ether oxygens (including phenoxy) is 3. The van der Waals surface area contributed by atoms with Gasteiger partial charge in [0.2, 0.25) is 0 Å². The lowest BCUT2D eigenvalue weighted by Crippen LogP contribution is -2.68. The van der Waals surface area contributed by atoms with Crippen molar-refractivity contribution in [3.63, 3.8) is 0 Å². The van der Waals surface area contributed by atoms with Crippen molar-refractivity contribution in [3.05, 3.63) is 28.8 Å². The number of halogens is 1. The Morgan fingerprint density at radius 1 is 1.21 bits per heavy atom. The smallest absolute Gasteiger partial charge is 0.329 e. The standard InChI is InChI=1S/C17H18ClNO5/c1-16(2)23-14(20)17(15(21)24-16)8-10-3-4-11(18)7-12(10)19-5-6-22-9-13(17)19/h3-4,7,13H,5-6,8-9H2,1-2H3/t13-/m0/s1. The van der Waals surface area contributed by atoms with Crippen molar-refractivity contribution in [1.82, 2.24) is 0 Å². The molecule has 128 valence electrons. The quantitative estimate of drug-likeness (QED) is 0.525. The Hall–Kier alpha value is -1.79. The van der Waals surface area contributed by atoms with Crippen molar-refractivity contribution >= 4 is 29.2 Å². The van der Waals surface area contributed by atoms with Crippen LogP contribution in [0.5, 0.6) is 0 Å². The molecule has 0 aliphatic carbocycles. The number of hydrogen-bond acceptors (Lipinski definition) is 6. The van der Waals surface area contributed by atoms with Crippen LogP contribution < -0.4 is 4.90 Å². The van der Waals surface area contributed by atoms with E-state index < -0.39 is 29.2 Å². The molecule has 24 heavy (non-hydrogen) atoms. The summed E-state index contributed by atoms with van der Waals surface area (Å²) in [6.45, 7) is 4.47. The second-order valence-electron chi connectivity index (χ2n) is 6.88. The van der Waals surface area contributed by atoms with Gasteiger partial charge in [0.25, 0.3) is 5.79 Å². The normalized spacial score (nSPS) is 27.1. The minimum Gasteiger partial charge on any atom is -0.422 e. The molecule has 0 N–H and O–H groups in total. The fourth-order valence-corrected chi connectivity index (χ4v) is 3.99. The molecule has 1 atom stereocenters. The number of morpholine rings is 1. The number of anilines is 1. The van der Waals surface area contributed by atoms with Crippen LogP contribution in [0.4, 0.5) is 5.69 Å². The molecule has 4 rings (SSSR count). The van der Waals surface area contributed by atoms with Crippen LogP contribution in [-0.4, -0.2) is 43.5 Å². The number of fused-ring (bicyclic) bond motifs is 4. The van der Waals surface area contributed by atoms with E-state index in [4.69, 9.17) is 25.8 Å². The molecular weight excluding hydrogens is 334 g/mol. The number of hydrogen-bond donors (Lipinski definition) is 0. The molecule has 0 amide bonds. The summed E-state index contributed by atoms with van der Waals surface area (Å²) in [5, 5.41) is 0.616. The number of benzene rings is 1. The molecule has 1 spiro atoms. The van der Waals surface area contributed by atoms with Gasteiger partial charge in [-0.05, 0) is 17.7 Å². The molecule has 3 aliphatic heterocycles. The molecule has 1 aromatic rings. The molecule has 1 aromatic carbocycles. The van der Waals surface area contributed by atoms with Crippen molar-refractivity contribution < 1.29 is 23.8 Å². The van der Waals surface area contributed by atoms with Gasteiger partial charge in [0.1, 0.15) is 0 Å². The van der Waals surface area contributed by atoms with Crippen LogP contribution in [0.15, 0.2) is 18.2 Å². The Labute approximate surface area is 144 Å². The SMILES string of the molecule is CC1(C)OC(=O)C2(Cc3ccc(Cl)cc3N3CCOC[C@H]32)C(=O)O1. The molecule has 3 aliphatic rings. The van der Waals surface area contributed by atoms with Gasteiger partial charge in [0.05, 0.1) is 19.3 Å². The number of esters is 2. The van der Waals surface area contributed by atoms with E-state index in [2.05, 4.69) is 0 Å². The maximum Gasteiger partial charge on any atom is 0.329 e. The molecule has 2 fully saturated rings. The van der Waals surface area contributed by atoms with Crippen LogP contribution in [0.2, 0.25) is 5.02 Å². The van der Waals surface area contributed by atoms with Crippen molar-refractivity contribution in [2.24, 2.45) is 5.41 Å². The summed E-state index contributed by atoms with van der Waals surface area (Å²) in [7, 11) is 0. The lowest BCUT2D eigenvalue weighted by atomic mass is 9.70. The Bertz CT molecular complexity index is 712. The topological polar surface area (TPSA) is 65.1 Å². The van der Waals surface area contributed by atoms with E-state index in [1.54, 1.807) is 19.9 Å². The number of rotatable bonds is 0. The minimum absolute atomic E-state index is 0.220. The number of carbonyl (C=O) groups is 2. The predicted octanol–water partition coefficient (Wildman–Crippen LogP) is 1.92. The highest BCUT2D eigenvalue weighted by Crippen LogP contribution is 2.47. The second kappa shape index (κ2) is 5.10. The van der Waals surface area contributed by atoms with Crippen molar-refractivity contribution in [2.45, 2.75) is 32.1 Å². The highest BCUT2D eigenvalue weighted by atomic mass is 35.5. The Kier molecular flexibility index (Phi) is 3.34. The Morgan fingerprint density at radius 3 is 2.62 bits per heavy atom. The third-order valence-electron chi connectivity index (χ3n) is 4.93. The van der Waals surface area contributed by atoms with Gasteiger partial charge in [0, 0.05) is 37.5 Å². The largest absolute Gasteiger partial charge is 0.422 e. The second-order valence-corrected chi connectivity index (χ2v) is 7.32. The Morgan fingerprint density at radius 2 is 1.92 bits per heavy atom. The average Bonchev–Trinajstić information content (AvgIpc) is 2.52. The van der Waals surface area contributed by atoms with E-state index in [1.807, 2.05) is 17.0 Å². The van der Waals surface area contributed by atoms with Crippen LogP contribution >= 0.6 is 11.6 Å². The molecule has 0 aromatic heterocycles. The van der Waals surface area contributed by atoms with Gasteiger partial charge in [-0.25, -0.2) is 0 Å².